The largest absolute Gasteiger partial charge is 0.389 e. The molecule has 1 rings (SSSR count). The molecule has 1 saturated carbocycles. The highest BCUT2D eigenvalue weighted by Gasteiger charge is 2.34. The van der Waals surface area contributed by atoms with Crippen LogP contribution in [0.15, 0.2) is 0 Å². The number of rotatable bonds is 7. The zero-order chi connectivity index (χ0) is 13.6. The molecule has 0 amide bonds. The first-order valence-corrected chi connectivity index (χ1v) is 7.07. The minimum Gasteiger partial charge on any atom is -0.389 e. The van der Waals surface area contributed by atoms with Crippen molar-refractivity contribution in [2.75, 3.05) is 40.4 Å². The van der Waals surface area contributed by atoms with Crippen molar-refractivity contribution in [3.8, 4) is 0 Å². The summed E-state index contributed by atoms with van der Waals surface area (Å²) in [6, 6.07) is 0. The van der Waals surface area contributed by atoms with Crippen molar-refractivity contribution in [2.24, 2.45) is 17.1 Å². The van der Waals surface area contributed by atoms with Crippen LogP contribution in [0.25, 0.3) is 0 Å². The van der Waals surface area contributed by atoms with Crippen molar-refractivity contribution in [1.29, 1.82) is 0 Å². The second kappa shape index (κ2) is 7.43. The van der Waals surface area contributed by atoms with Crippen LogP contribution < -0.4 is 5.73 Å². The third-order valence-electron chi connectivity index (χ3n) is 4.25. The normalized spacial score (nSPS) is 30.7. The number of likely N-dealkylation sites (N-methyl/N-ethyl adjacent to an activating group) is 1. The average Bonchev–Trinajstić information content (AvgIpc) is 2.32. The zero-order valence-corrected chi connectivity index (χ0v) is 12.2. The molecule has 1 fully saturated rings. The Kier molecular flexibility index (Phi) is 6.57. The summed E-state index contributed by atoms with van der Waals surface area (Å²) in [7, 11) is 3.68. The molecule has 1 aliphatic rings. The highest BCUT2D eigenvalue weighted by Crippen LogP contribution is 2.38. The monoisotopic (exact) mass is 258 g/mol. The van der Waals surface area contributed by atoms with Gasteiger partial charge in [0.25, 0.3) is 0 Å². The van der Waals surface area contributed by atoms with Crippen LogP contribution in [-0.2, 0) is 4.74 Å². The summed E-state index contributed by atoms with van der Waals surface area (Å²) in [6.45, 7) is 5.12. The predicted molar refractivity (Wildman–Crippen MR) is 74.5 cm³/mol. The summed E-state index contributed by atoms with van der Waals surface area (Å²) in [5.74, 6) is 0.842. The second-order valence-electron chi connectivity index (χ2n) is 6.19. The summed E-state index contributed by atoms with van der Waals surface area (Å²) in [5, 5.41) is 9.75. The van der Waals surface area contributed by atoms with E-state index in [1.165, 1.54) is 25.7 Å². The van der Waals surface area contributed by atoms with Crippen LogP contribution in [0.3, 0.4) is 0 Å². The van der Waals surface area contributed by atoms with Crippen molar-refractivity contribution >= 4 is 0 Å². The van der Waals surface area contributed by atoms with Crippen molar-refractivity contribution in [2.45, 2.75) is 38.7 Å². The Hall–Kier alpha value is -0.160. The lowest BCUT2D eigenvalue weighted by atomic mass is 9.70. The van der Waals surface area contributed by atoms with Gasteiger partial charge < -0.3 is 20.5 Å². The third kappa shape index (κ3) is 4.84. The Labute approximate surface area is 111 Å². The minimum atomic E-state index is -0.405. The zero-order valence-electron chi connectivity index (χ0n) is 12.2. The van der Waals surface area contributed by atoms with E-state index in [1.807, 2.05) is 0 Å². The van der Waals surface area contributed by atoms with Gasteiger partial charge in [-0.25, -0.2) is 0 Å². The number of hydrogen-bond donors (Lipinski definition) is 2. The van der Waals surface area contributed by atoms with E-state index in [-0.39, 0.29) is 5.41 Å². The SMILES string of the molecule is COCC(O)CN(C)CC1(CN)CCC(C)CC1. The molecule has 18 heavy (non-hydrogen) atoms. The minimum absolute atomic E-state index is 0.258. The molecule has 0 aromatic rings. The number of methoxy groups -OCH3 is 1. The summed E-state index contributed by atoms with van der Waals surface area (Å²) in [5.41, 5.74) is 6.27. The molecule has 0 spiro atoms. The molecule has 0 aliphatic heterocycles. The Morgan fingerprint density at radius 3 is 2.56 bits per heavy atom. The van der Waals surface area contributed by atoms with Crippen LogP contribution in [0.2, 0.25) is 0 Å². The number of aliphatic hydroxyl groups excluding tert-OH is 1. The van der Waals surface area contributed by atoms with Crippen molar-refractivity contribution < 1.29 is 9.84 Å². The van der Waals surface area contributed by atoms with Gasteiger partial charge in [0.05, 0.1) is 12.7 Å². The standard InChI is InChI=1S/C14H30N2O2/c1-12-4-6-14(10-15,7-5-12)11-16(2)8-13(17)9-18-3/h12-13,17H,4-11,15H2,1-3H3. The van der Waals surface area contributed by atoms with E-state index in [9.17, 15) is 5.11 Å². The van der Waals surface area contributed by atoms with E-state index in [1.54, 1.807) is 7.11 Å². The van der Waals surface area contributed by atoms with Crippen LogP contribution >= 0.6 is 0 Å². The van der Waals surface area contributed by atoms with Gasteiger partial charge in [-0.1, -0.05) is 19.8 Å². The van der Waals surface area contributed by atoms with E-state index < -0.39 is 6.10 Å². The number of aliphatic hydroxyl groups is 1. The molecule has 4 nitrogen and oxygen atoms in total. The molecule has 108 valence electrons. The van der Waals surface area contributed by atoms with Gasteiger partial charge in [-0.15, -0.1) is 0 Å². The molecule has 0 aromatic heterocycles. The van der Waals surface area contributed by atoms with Crippen molar-refractivity contribution in [3.63, 3.8) is 0 Å². The Morgan fingerprint density at radius 2 is 2.06 bits per heavy atom. The maximum atomic E-state index is 9.75. The molecule has 1 aliphatic carbocycles. The summed E-state index contributed by atoms with van der Waals surface area (Å²) < 4.78 is 4.96. The first-order valence-electron chi connectivity index (χ1n) is 7.07. The average molecular weight is 258 g/mol. The number of ether oxygens (including phenoxy) is 1. The Morgan fingerprint density at radius 1 is 1.44 bits per heavy atom. The number of nitrogens with two attached hydrogens (primary N) is 1. The fourth-order valence-corrected chi connectivity index (χ4v) is 3.04. The third-order valence-corrected chi connectivity index (χ3v) is 4.25. The molecule has 1 unspecified atom stereocenters. The van der Waals surface area contributed by atoms with Gasteiger partial charge in [0.15, 0.2) is 0 Å². The number of nitrogens with zero attached hydrogens (tertiary/aromatic N) is 1. The second-order valence-corrected chi connectivity index (χ2v) is 6.19. The highest BCUT2D eigenvalue weighted by atomic mass is 16.5. The molecule has 4 heteroatoms. The van der Waals surface area contributed by atoms with Gasteiger partial charge in [-0.3, -0.25) is 0 Å². The predicted octanol–water partition coefficient (Wildman–Crippen LogP) is 1.08. The van der Waals surface area contributed by atoms with Gasteiger partial charge in [0.2, 0.25) is 0 Å². The smallest absolute Gasteiger partial charge is 0.0899 e. The number of hydrogen-bond acceptors (Lipinski definition) is 4. The van der Waals surface area contributed by atoms with Crippen molar-refractivity contribution in [3.05, 3.63) is 0 Å². The van der Waals surface area contributed by atoms with Crippen LogP contribution in [0.5, 0.6) is 0 Å². The van der Waals surface area contributed by atoms with Crippen LogP contribution in [-0.4, -0.2) is 56.5 Å². The lowest BCUT2D eigenvalue weighted by Crippen LogP contribution is -2.45. The highest BCUT2D eigenvalue weighted by molar-refractivity contribution is 4.88. The van der Waals surface area contributed by atoms with Gasteiger partial charge in [-0.2, -0.15) is 0 Å². The first-order chi connectivity index (χ1) is 8.51. The lowest BCUT2D eigenvalue weighted by molar-refractivity contribution is 0.0268. The lowest BCUT2D eigenvalue weighted by Gasteiger charge is -2.41. The van der Waals surface area contributed by atoms with E-state index in [0.29, 0.717) is 13.2 Å². The van der Waals surface area contributed by atoms with Crippen LogP contribution in [0.4, 0.5) is 0 Å². The maximum absolute atomic E-state index is 9.75. The molecule has 0 saturated heterocycles. The quantitative estimate of drug-likeness (QED) is 0.717. The molecule has 1 atom stereocenters. The van der Waals surface area contributed by atoms with E-state index in [2.05, 4.69) is 18.9 Å². The van der Waals surface area contributed by atoms with Crippen molar-refractivity contribution in [1.82, 2.24) is 4.90 Å². The molecular weight excluding hydrogens is 228 g/mol. The molecule has 3 N–H and O–H groups in total. The van der Waals surface area contributed by atoms with E-state index in [0.717, 1.165) is 19.0 Å². The van der Waals surface area contributed by atoms with Gasteiger partial charge in [-0.05, 0) is 37.8 Å². The van der Waals surface area contributed by atoms with Gasteiger partial charge in [0, 0.05) is 20.2 Å². The van der Waals surface area contributed by atoms with E-state index in [4.69, 9.17) is 10.5 Å². The molecule has 0 bridgehead atoms. The van der Waals surface area contributed by atoms with E-state index >= 15 is 0 Å². The van der Waals surface area contributed by atoms with Gasteiger partial charge in [0.1, 0.15) is 0 Å². The fourth-order valence-electron chi connectivity index (χ4n) is 3.04. The molecular formula is C14H30N2O2. The molecule has 0 heterocycles. The fraction of sp³-hybridized carbons (Fsp3) is 1.00. The maximum Gasteiger partial charge on any atom is 0.0899 e. The Bertz CT molecular complexity index is 228. The van der Waals surface area contributed by atoms with Crippen LogP contribution in [0, 0.1) is 11.3 Å². The summed E-state index contributed by atoms with van der Waals surface area (Å²) in [6.07, 6.45) is 4.60. The summed E-state index contributed by atoms with van der Waals surface area (Å²) >= 11 is 0. The first kappa shape index (κ1) is 15.9. The van der Waals surface area contributed by atoms with Crippen LogP contribution in [0.1, 0.15) is 32.6 Å². The molecule has 0 radical (unpaired) electrons. The van der Waals surface area contributed by atoms with Gasteiger partial charge >= 0.3 is 0 Å². The molecule has 0 aromatic carbocycles. The summed E-state index contributed by atoms with van der Waals surface area (Å²) in [4.78, 5) is 2.20. The Balaban J connectivity index is 2.42. The topological polar surface area (TPSA) is 58.7 Å².